The zero-order valence-electron chi connectivity index (χ0n) is 10.9. The van der Waals surface area contributed by atoms with Gasteiger partial charge in [-0.1, -0.05) is 0 Å². The van der Waals surface area contributed by atoms with Gasteiger partial charge in [0.2, 0.25) is 0 Å². The van der Waals surface area contributed by atoms with E-state index >= 15 is 0 Å². The molecule has 1 aromatic heterocycles. The molecule has 0 fully saturated rings. The Labute approximate surface area is 98.8 Å². The molecule has 1 rings (SSSR count). The van der Waals surface area contributed by atoms with Crippen LogP contribution in [0, 0.1) is 0 Å². The van der Waals surface area contributed by atoms with Crippen LogP contribution >= 0.6 is 0 Å². The predicted octanol–water partition coefficient (Wildman–Crippen LogP) is 2.66. The minimum atomic E-state index is 0.378. The summed E-state index contributed by atoms with van der Waals surface area (Å²) >= 11 is 0. The van der Waals surface area contributed by atoms with Gasteiger partial charge in [0.25, 0.3) is 0 Å². The third kappa shape index (κ3) is 4.37. The topological polar surface area (TPSA) is 28.4 Å². The lowest BCUT2D eigenvalue weighted by molar-refractivity contribution is 0.268. The van der Waals surface area contributed by atoms with Crippen LogP contribution in [-0.2, 0) is 0 Å². The Morgan fingerprint density at radius 1 is 1.38 bits per heavy atom. The molecule has 0 aromatic carbocycles. The first kappa shape index (κ1) is 13.3. The summed E-state index contributed by atoms with van der Waals surface area (Å²) in [6.45, 7) is 8.80. The van der Waals surface area contributed by atoms with Gasteiger partial charge in [0, 0.05) is 17.6 Å². The predicted molar refractivity (Wildman–Crippen MR) is 67.5 cm³/mol. The van der Waals surface area contributed by atoms with E-state index in [0.717, 1.165) is 13.1 Å². The number of hydrogen-bond acceptors (Lipinski definition) is 3. The SMILES string of the molecule is CC(NCCCN(C)C(C)C)c1ccoc1. The quantitative estimate of drug-likeness (QED) is 0.722. The first-order valence-electron chi connectivity index (χ1n) is 6.07. The molecule has 3 heteroatoms. The lowest BCUT2D eigenvalue weighted by Gasteiger charge is -2.21. The van der Waals surface area contributed by atoms with Crippen molar-refractivity contribution in [3.05, 3.63) is 24.2 Å². The normalized spacial score (nSPS) is 13.6. The summed E-state index contributed by atoms with van der Waals surface area (Å²) < 4.78 is 5.06. The van der Waals surface area contributed by atoms with Crippen LogP contribution in [0.5, 0.6) is 0 Å². The highest BCUT2D eigenvalue weighted by Crippen LogP contribution is 2.11. The third-order valence-corrected chi connectivity index (χ3v) is 3.06. The lowest BCUT2D eigenvalue weighted by atomic mass is 10.2. The number of nitrogens with zero attached hydrogens (tertiary/aromatic N) is 1. The molecule has 1 aromatic rings. The molecule has 3 nitrogen and oxygen atoms in total. The Balaban J connectivity index is 2.12. The van der Waals surface area contributed by atoms with Crippen molar-refractivity contribution in [3.63, 3.8) is 0 Å². The summed E-state index contributed by atoms with van der Waals surface area (Å²) in [5.74, 6) is 0. The van der Waals surface area contributed by atoms with Gasteiger partial charge in [0.05, 0.1) is 12.5 Å². The van der Waals surface area contributed by atoms with Gasteiger partial charge in [0.15, 0.2) is 0 Å². The number of furan rings is 1. The van der Waals surface area contributed by atoms with Crippen molar-refractivity contribution in [2.45, 2.75) is 39.3 Å². The van der Waals surface area contributed by atoms with Gasteiger partial charge in [-0.05, 0) is 53.4 Å². The molecule has 0 aliphatic heterocycles. The Bertz CT molecular complexity index is 269. The fourth-order valence-corrected chi connectivity index (χ4v) is 1.54. The van der Waals surface area contributed by atoms with Crippen molar-refractivity contribution in [2.75, 3.05) is 20.1 Å². The van der Waals surface area contributed by atoms with E-state index in [2.05, 4.69) is 38.0 Å². The molecule has 0 aliphatic rings. The molecule has 1 atom stereocenters. The Morgan fingerprint density at radius 2 is 2.12 bits per heavy atom. The van der Waals surface area contributed by atoms with Crippen LogP contribution in [0.15, 0.2) is 23.0 Å². The molecule has 0 amide bonds. The van der Waals surface area contributed by atoms with Crippen LogP contribution in [0.3, 0.4) is 0 Å². The first-order chi connectivity index (χ1) is 7.61. The molecule has 0 bridgehead atoms. The van der Waals surface area contributed by atoms with Crippen molar-refractivity contribution in [1.82, 2.24) is 10.2 Å². The summed E-state index contributed by atoms with van der Waals surface area (Å²) in [5.41, 5.74) is 1.22. The van der Waals surface area contributed by atoms with E-state index in [1.165, 1.54) is 12.0 Å². The van der Waals surface area contributed by atoms with Crippen LogP contribution in [0.2, 0.25) is 0 Å². The highest BCUT2D eigenvalue weighted by Gasteiger charge is 2.06. The number of nitrogens with one attached hydrogen (secondary N) is 1. The van der Waals surface area contributed by atoms with Gasteiger partial charge in [0.1, 0.15) is 0 Å². The van der Waals surface area contributed by atoms with E-state index in [9.17, 15) is 0 Å². The highest BCUT2D eigenvalue weighted by atomic mass is 16.3. The Kier molecular flexibility index (Phi) is 5.56. The molecule has 0 radical (unpaired) electrons. The first-order valence-corrected chi connectivity index (χ1v) is 6.07. The number of hydrogen-bond donors (Lipinski definition) is 1. The monoisotopic (exact) mass is 224 g/mol. The lowest BCUT2D eigenvalue weighted by Crippen LogP contribution is -2.30. The second-order valence-electron chi connectivity index (χ2n) is 4.66. The summed E-state index contributed by atoms with van der Waals surface area (Å²) in [5, 5.41) is 3.49. The molecule has 1 heterocycles. The van der Waals surface area contributed by atoms with E-state index in [1.807, 2.05) is 6.07 Å². The summed E-state index contributed by atoms with van der Waals surface area (Å²) in [6.07, 6.45) is 4.70. The van der Waals surface area contributed by atoms with Gasteiger partial charge in [-0.15, -0.1) is 0 Å². The maximum Gasteiger partial charge on any atom is 0.0950 e. The van der Waals surface area contributed by atoms with Gasteiger partial charge >= 0.3 is 0 Å². The average molecular weight is 224 g/mol. The molecule has 0 aliphatic carbocycles. The van der Waals surface area contributed by atoms with Crippen LogP contribution < -0.4 is 5.32 Å². The van der Waals surface area contributed by atoms with Crippen molar-refractivity contribution < 1.29 is 4.42 Å². The third-order valence-electron chi connectivity index (χ3n) is 3.06. The molecular formula is C13H24N2O. The van der Waals surface area contributed by atoms with Crippen molar-refractivity contribution >= 4 is 0 Å². The molecule has 1 N–H and O–H groups in total. The number of rotatable bonds is 7. The fraction of sp³-hybridized carbons (Fsp3) is 0.692. The van der Waals surface area contributed by atoms with E-state index < -0.39 is 0 Å². The smallest absolute Gasteiger partial charge is 0.0950 e. The van der Waals surface area contributed by atoms with E-state index in [4.69, 9.17) is 4.42 Å². The van der Waals surface area contributed by atoms with Gasteiger partial charge in [-0.3, -0.25) is 0 Å². The minimum absolute atomic E-state index is 0.378. The minimum Gasteiger partial charge on any atom is -0.472 e. The standard InChI is InChI=1S/C13H24N2O/c1-11(2)15(4)8-5-7-14-12(3)13-6-9-16-10-13/h6,9-12,14H,5,7-8H2,1-4H3. The molecule has 0 saturated carbocycles. The van der Waals surface area contributed by atoms with E-state index in [-0.39, 0.29) is 0 Å². The zero-order chi connectivity index (χ0) is 12.0. The van der Waals surface area contributed by atoms with Crippen LogP contribution in [0.25, 0.3) is 0 Å². The fourth-order valence-electron chi connectivity index (χ4n) is 1.54. The van der Waals surface area contributed by atoms with Gasteiger partial charge in [-0.25, -0.2) is 0 Å². The largest absolute Gasteiger partial charge is 0.472 e. The molecule has 0 spiro atoms. The molecule has 1 unspecified atom stereocenters. The molecule has 92 valence electrons. The summed E-state index contributed by atoms with van der Waals surface area (Å²) in [4.78, 5) is 2.37. The second kappa shape index (κ2) is 6.71. The molecule has 0 saturated heterocycles. The van der Waals surface area contributed by atoms with E-state index in [1.54, 1.807) is 12.5 Å². The van der Waals surface area contributed by atoms with Crippen molar-refractivity contribution in [3.8, 4) is 0 Å². The molecule has 16 heavy (non-hydrogen) atoms. The van der Waals surface area contributed by atoms with Crippen LogP contribution in [0.4, 0.5) is 0 Å². The van der Waals surface area contributed by atoms with Crippen LogP contribution in [0.1, 0.15) is 38.8 Å². The van der Waals surface area contributed by atoms with Crippen LogP contribution in [-0.4, -0.2) is 31.1 Å². The zero-order valence-corrected chi connectivity index (χ0v) is 10.9. The summed E-state index contributed by atoms with van der Waals surface area (Å²) in [7, 11) is 2.17. The van der Waals surface area contributed by atoms with Gasteiger partial charge in [-0.2, -0.15) is 0 Å². The average Bonchev–Trinajstić information content (AvgIpc) is 2.76. The van der Waals surface area contributed by atoms with Crippen molar-refractivity contribution in [1.29, 1.82) is 0 Å². The Morgan fingerprint density at radius 3 is 2.69 bits per heavy atom. The second-order valence-corrected chi connectivity index (χ2v) is 4.66. The highest BCUT2D eigenvalue weighted by molar-refractivity contribution is 5.09. The maximum atomic E-state index is 5.06. The van der Waals surface area contributed by atoms with Gasteiger partial charge < -0.3 is 14.6 Å². The molecular weight excluding hydrogens is 200 g/mol. The Hall–Kier alpha value is -0.800. The summed E-state index contributed by atoms with van der Waals surface area (Å²) in [6, 6.07) is 3.02. The van der Waals surface area contributed by atoms with E-state index in [0.29, 0.717) is 12.1 Å². The maximum absolute atomic E-state index is 5.06. The van der Waals surface area contributed by atoms with Crippen molar-refractivity contribution in [2.24, 2.45) is 0 Å².